The highest BCUT2D eigenvalue weighted by molar-refractivity contribution is 6.66. The molecule has 20 heavy (non-hydrogen) atoms. The summed E-state index contributed by atoms with van der Waals surface area (Å²) >= 11 is 6.16. The SMILES string of the molecule is CN(C)CCOC(=O)Nc1ccc2c(c1Cl)B(O)OC2. The van der Waals surface area contributed by atoms with Crippen LogP contribution in [0.4, 0.5) is 10.5 Å². The number of ether oxygens (including phenoxy) is 1. The van der Waals surface area contributed by atoms with Crippen LogP contribution in [0.2, 0.25) is 5.02 Å². The van der Waals surface area contributed by atoms with Gasteiger partial charge in [0, 0.05) is 12.0 Å². The molecule has 1 amide bonds. The molecule has 1 aliphatic rings. The molecule has 1 heterocycles. The molecule has 8 heteroatoms. The van der Waals surface area contributed by atoms with E-state index in [-0.39, 0.29) is 11.6 Å². The number of carbonyl (C=O) groups is 1. The molecular weight excluding hydrogens is 282 g/mol. The van der Waals surface area contributed by atoms with Crippen molar-refractivity contribution in [2.24, 2.45) is 0 Å². The average Bonchev–Trinajstić information content (AvgIpc) is 2.75. The number of rotatable bonds is 4. The summed E-state index contributed by atoms with van der Waals surface area (Å²) in [6.45, 7) is 1.23. The van der Waals surface area contributed by atoms with Gasteiger partial charge >= 0.3 is 13.2 Å². The molecule has 0 spiro atoms. The van der Waals surface area contributed by atoms with Gasteiger partial charge in [0.05, 0.1) is 17.3 Å². The molecule has 0 fully saturated rings. The maximum absolute atomic E-state index is 11.6. The van der Waals surface area contributed by atoms with Gasteiger partial charge in [-0.25, -0.2) is 4.79 Å². The van der Waals surface area contributed by atoms with Gasteiger partial charge in [-0.1, -0.05) is 17.7 Å². The smallest absolute Gasteiger partial charge is 0.448 e. The van der Waals surface area contributed by atoms with E-state index in [0.29, 0.717) is 24.3 Å². The first-order valence-corrected chi connectivity index (χ1v) is 6.56. The molecule has 1 aromatic rings. The fraction of sp³-hybridized carbons (Fsp3) is 0.417. The standard InChI is InChI=1S/C12H16BClN2O4/c1-16(2)5-6-19-12(17)15-9-4-3-8-7-20-13(18)10(8)11(9)14/h3-4,18H,5-7H2,1-2H3,(H,15,17). The monoisotopic (exact) mass is 298 g/mol. The van der Waals surface area contributed by atoms with Crippen LogP contribution in [0.1, 0.15) is 5.56 Å². The number of fused-ring (bicyclic) bond motifs is 1. The number of anilines is 1. The van der Waals surface area contributed by atoms with E-state index in [1.807, 2.05) is 19.0 Å². The Kier molecular flexibility index (Phi) is 4.88. The zero-order chi connectivity index (χ0) is 14.7. The molecule has 1 aromatic carbocycles. The predicted octanol–water partition coefficient (Wildman–Crippen LogP) is 0.668. The second kappa shape index (κ2) is 6.45. The first-order chi connectivity index (χ1) is 9.49. The Morgan fingerprint density at radius 1 is 1.60 bits per heavy atom. The van der Waals surface area contributed by atoms with Crippen LogP contribution < -0.4 is 10.8 Å². The lowest BCUT2D eigenvalue weighted by Crippen LogP contribution is -2.30. The largest absolute Gasteiger partial charge is 0.493 e. The number of benzene rings is 1. The Balaban J connectivity index is 2.00. The third-order valence-electron chi connectivity index (χ3n) is 2.92. The number of hydrogen-bond acceptors (Lipinski definition) is 5. The summed E-state index contributed by atoms with van der Waals surface area (Å²) in [4.78, 5) is 13.5. The van der Waals surface area contributed by atoms with Crippen LogP contribution in [0.5, 0.6) is 0 Å². The van der Waals surface area contributed by atoms with Gasteiger partial charge in [-0.15, -0.1) is 0 Å². The molecule has 6 nitrogen and oxygen atoms in total. The highest BCUT2D eigenvalue weighted by Gasteiger charge is 2.31. The summed E-state index contributed by atoms with van der Waals surface area (Å²) in [5, 5.41) is 12.5. The molecule has 108 valence electrons. The van der Waals surface area contributed by atoms with Crippen molar-refractivity contribution < 1.29 is 19.2 Å². The van der Waals surface area contributed by atoms with E-state index in [9.17, 15) is 9.82 Å². The number of nitrogens with one attached hydrogen (secondary N) is 1. The second-order valence-electron chi connectivity index (χ2n) is 4.73. The van der Waals surface area contributed by atoms with Gasteiger partial charge in [0.1, 0.15) is 6.61 Å². The number of nitrogens with zero attached hydrogens (tertiary/aromatic N) is 1. The fourth-order valence-corrected chi connectivity index (χ4v) is 2.17. The van der Waals surface area contributed by atoms with Crippen LogP contribution in [0.15, 0.2) is 12.1 Å². The van der Waals surface area contributed by atoms with E-state index in [1.54, 1.807) is 12.1 Å². The van der Waals surface area contributed by atoms with Crippen LogP contribution in [-0.4, -0.2) is 50.4 Å². The Morgan fingerprint density at radius 3 is 3.05 bits per heavy atom. The quantitative estimate of drug-likeness (QED) is 0.800. The van der Waals surface area contributed by atoms with Crippen LogP contribution in [0.25, 0.3) is 0 Å². The second-order valence-corrected chi connectivity index (χ2v) is 5.11. The maximum atomic E-state index is 11.6. The minimum Gasteiger partial charge on any atom is -0.448 e. The molecular formula is C12H16BClN2O4. The minimum absolute atomic E-state index is 0.275. The third-order valence-corrected chi connectivity index (χ3v) is 3.33. The van der Waals surface area contributed by atoms with Crippen molar-refractivity contribution >= 4 is 36.0 Å². The van der Waals surface area contributed by atoms with Gasteiger partial charge in [0.25, 0.3) is 0 Å². The molecule has 0 aromatic heterocycles. The van der Waals surface area contributed by atoms with Gasteiger partial charge in [-0.3, -0.25) is 5.32 Å². The van der Waals surface area contributed by atoms with Crippen molar-refractivity contribution in [3.05, 3.63) is 22.7 Å². The summed E-state index contributed by atoms with van der Waals surface area (Å²) in [6, 6.07) is 3.42. The van der Waals surface area contributed by atoms with E-state index in [1.165, 1.54) is 0 Å². The zero-order valence-corrected chi connectivity index (χ0v) is 12.1. The Labute approximate surface area is 122 Å². The Hall–Kier alpha value is -1.28. The Morgan fingerprint density at radius 2 is 2.35 bits per heavy atom. The van der Waals surface area contributed by atoms with E-state index in [0.717, 1.165) is 5.56 Å². The van der Waals surface area contributed by atoms with Crippen LogP contribution >= 0.6 is 11.6 Å². The van der Waals surface area contributed by atoms with Crippen molar-refractivity contribution in [2.45, 2.75) is 6.61 Å². The van der Waals surface area contributed by atoms with E-state index in [2.05, 4.69) is 5.32 Å². The molecule has 0 radical (unpaired) electrons. The summed E-state index contributed by atoms with van der Waals surface area (Å²) in [6.07, 6.45) is -0.581. The minimum atomic E-state index is -1.05. The fourth-order valence-electron chi connectivity index (χ4n) is 1.84. The molecule has 0 atom stereocenters. The number of hydrogen-bond donors (Lipinski definition) is 2. The third kappa shape index (κ3) is 3.43. The summed E-state index contributed by atoms with van der Waals surface area (Å²) < 4.78 is 10.1. The first-order valence-electron chi connectivity index (χ1n) is 6.18. The molecule has 2 N–H and O–H groups in total. The zero-order valence-electron chi connectivity index (χ0n) is 11.4. The Bertz CT molecular complexity index is 512. The van der Waals surface area contributed by atoms with Crippen molar-refractivity contribution in [2.75, 3.05) is 32.6 Å². The number of halogens is 1. The molecule has 0 saturated carbocycles. The summed E-state index contributed by atoms with van der Waals surface area (Å²) in [7, 11) is 2.73. The maximum Gasteiger partial charge on any atom is 0.493 e. The van der Waals surface area contributed by atoms with E-state index in [4.69, 9.17) is 21.0 Å². The highest BCUT2D eigenvalue weighted by Crippen LogP contribution is 2.25. The summed E-state index contributed by atoms with van der Waals surface area (Å²) in [5.74, 6) is 0. The highest BCUT2D eigenvalue weighted by atomic mass is 35.5. The molecule has 0 bridgehead atoms. The van der Waals surface area contributed by atoms with Gasteiger partial charge in [-0.05, 0) is 25.7 Å². The number of amides is 1. The normalized spacial score (nSPS) is 13.6. The first kappa shape index (κ1) is 15.1. The van der Waals surface area contributed by atoms with Crippen molar-refractivity contribution in [1.29, 1.82) is 0 Å². The predicted molar refractivity (Wildman–Crippen MR) is 77.4 cm³/mol. The van der Waals surface area contributed by atoms with Gasteiger partial charge < -0.3 is 19.3 Å². The lowest BCUT2D eigenvalue weighted by molar-refractivity contribution is 0.151. The summed E-state index contributed by atoms with van der Waals surface area (Å²) in [5.41, 5.74) is 1.71. The molecule has 0 aliphatic carbocycles. The van der Waals surface area contributed by atoms with Gasteiger partial charge in [0.2, 0.25) is 0 Å². The van der Waals surface area contributed by atoms with Crippen molar-refractivity contribution in [1.82, 2.24) is 4.90 Å². The molecule has 2 rings (SSSR count). The number of likely N-dealkylation sites (N-methyl/N-ethyl adjacent to an activating group) is 1. The van der Waals surface area contributed by atoms with Crippen LogP contribution in [-0.2, 0) is 16.0 Å². The van der Waals surface area contributed by atoms with Crippen LogP contribution in [0.3, 0.4) is 0 Å². The molecule has 1 aliphatic heterocycles. The van der Waals surface area contributed by atoms with Crippen LogP contribution in [0, 0.1) is 0 Å². The van der Waals surface area contributed by atoms with Crippen molar-refractivity contribution in [3.63, 3.8) is 0 Å². The van der Waals surface area contributed by atoms with E-state index < -0.39 is 13.2 Å². The molecule has 0 unspecified atom stereocenters. The lowest BCUT2D eigenvalue weighted by Gasteiger charge is -2.12. The van der Waals surface area contributed by atoms with E-state index >= 15 is 0 Å². The number of carbonyl (C=O) groups excluding carboxylic acids is 1. The van der Waals surface area contributed by atoms with Gasteiger partial charge in [0.15, 0.2) is 0 Å². The average molecular weight is 299 g/mol. The van der Waals surface area contributed by atoms with Gasteiger partial charge in [-0.2, -0.15) is 0 Å². The lowest BCUT2D eigenvalue weighted by atomic mass is 9.79. The molecule has 0 saturated heterocycles. The topological polar surface area (TPSA) is 71.0 Å². The van der Waals surface area contributed by atoms with Crippen molar-refractivity contribution in [3.8, 4) is 0 Å².